The summed E-state index contributed by atoms with van der Waals surface area (Å²) in [6.07, 6.45) is 1.86. The molecule has 0 atom stereocenters. The molecule has 1 aliphatic rings. The van der Waals surface area contributed by atoms with Gasteiger partial charge in [0, 0.05) is 18.5 Å². The fourth-order valence-corrected chi connectivity index (χ4v) is 4.00. The summed E-state index contributed by atoms with van der Waals surface area (Å²) in [7, 11) is -3.37. The van der Waals surface area contributed by atoms with Crippen molar-refractivity contribution in [3.8, 4) is 0 Å². The SMILES string of the molecule is O=S(=O)(c1ccc2oc(=S)ccc2c1)N1CCCC1. The molecule has 1 saturated heterocycles. The van der Waals surface area contributed by atoms with Gasteiger partial charge in [-0.1, -0.05) is 0 Å². The van der Waals surface area contributed by atoms with Crippen LogP contribution in [0.15, 0.2) is 39.6 Å². The smallest absolute Gasteiger partial charge is 0.243 e. The maximum Gasteiger partial charge on any atom is 0.243 e. The van der Waals surface area contributed by atoms with Crippen molar-refractivity contribution in [1.29, 1.82) is 0 Å². The van der Waals surface area contributed by atoms with Crippen LogP contribution in [0.5, 0.6) is 0 Å². The number of benzene rings is 1. The molecule has 0 N–H and O–H groups in total. The van der Waals surface area contributed by atoms with E-state index in [4.69, 9.17) is 16.6 Å². The lowest BCUT2D eigenvalue weighted by atomic mass is 10.2. The Bertz CT molecular complexity index is 774. The first kappa shape index (κ1) is 12.8. The van der Waals surface area contributed by atoms with Gasteiger partial charge in [0.05, 0.1) is 4.90 Å². The lowest BCUT2D eigenvalue weighted by Gasteiger charge is -2.15. The Labute approximate surface area is 116 Å². The van der Waals surface area contributed by atoms with E-state index in [1.165, 1.54) is 4.31 Å². The van der Waals surface area contributed by atoms with Crippen LogP contribution in [-0.4, -0.2) is 25.8 Å². The predicted molar refractivity (Wildman–Crippen MR) is 75.0 cm³/mol. The van der Waals surface area contributed by atoms with Gasteiger partial charge in [-0.25, -0.2) is 8.42 Å². The molecule has 4 nitrogen and oxygen atoms in total. The summed E-state index contributed by atoms with van der Waals surface area (Å²) in [6, 6.07) is 8.32. The van der Waals surface area contributed by atoms with Crippen molar-refractivity contribution in [3.63, 3.8) is 0 Å². The average Bonchev–Trinajstić information content (AvgIpc) is 2.92. The standard InChI is InChI=1S/C13H13NO3S2/c15-19(16,14-7-1-2-8-14)11-4-5-12-10(9-11)3-6-13(18)17-12/h3-6,9H,1-2,7-8H2. The Hall–Kier alpha value is -1.24. The van der Waals surface area contributed by atoms with Crippen molar-refractivity contribution < 1.29 is 12.8 Å². The number of nitrogens with zero attached hydrogens (tertiary/aromatic N) is 1. The first-order valence-corrected chi connectivity index (χ1v) is 7.96. The molecule has 0 radical (unpaired) electrons. The summed E-state index contributed by atoms with van der Waals surface area (Å²) in [5.74, 6) is 0. The highest BCUT2D eigenvalue weighted by Crippen LogP contribution is 2.24. The van der Waals surface area contributed by atoms with Crippen molar-refractivity contribution in [1.82, 2.24) is 4.31 Å². The highest BCUT2D eigenvalue weighted by molar-refractivity contribution is 7.89. The lowest BCUT2D eigenvalue weighted by Crippen LogP contribution is -2.27. The minimum atomic E-state index is -3.37. The van der Waals surface area contributed by atoms with Gasteiger partial charge in [-0.3, -0.25) is 0 Å². The van der Waals surface area contributed by atoms with Gasteiger partial charge in [0.15, 0.2) is 4.71 Å². The van der Waals surface area contributed by atoms with E-state index in [-0.39, 0.29) is 0 Å². The fraction of sp³-hybridized carbons (Fsp3) is 0.308. The van der Waals surface area contributed by atoms with E-state index >= 15 is 0 Å². The molecule has 2 aromatic rings. The molecule has 2 heterocycles. The molecule has 0 amide bonds. The molecular weight excluding hydrogens is 282 g/mol. The molecule has 0 spiro atoms. The van der Waals surface area contributed by atoms with E-state index in [9.17, 15) is 8.42 Å². The quantitative estimate of drug-likeness (QED) is 0.799. The first-order chi connectivity index (χ1) is 9.07. The van der Waals surface area contributed by atoms with E-state index in [1.54, 1.807) is 30.3 Å². The summed E-state index contributed by atoms with van der Waals surface area (Å²) in [5.41, 5.74) is 0.605. The van der Waals surface area contributed by atoms with Crippen molar-refractivity contribution in [2.24, 2.45) is 0 Å². The molecule has 3 rings (SSSR count). The van der Waals surface area contributed by atoms with Crippen LogP contribution in [-0.2, 0) is 10.0 Å². The monoisotopic (exact) mass is 295 g/mol. The van der Waals surface area contributed by atoms with E-state index in [1.807, 2.05) is 0 Å². The number of sulfonamides is 1. The van der Waals surface area contributed by atoms with Gasteiger partial charge in [0.2, 0.25) is 10.0 Å². The minimum Gasteiger partial charge on any atom is -0.445 e. The molecule has 6 heteroatoms. The molecular formula is C13H13NO3S2. The van der Waals surface area contributed by atoms with E-state index < -0.39 is 10.0 Å². The van der Waals surface area contributed by atoms with Crippen LogP contribution in [0.1, 0.15) is 12.8 Å². The highest BCUT2D eigenvalue weighted by atomic mass is 32.2. The zero-order valence-electron chi connectivity index (χ0n) is 10.2. The second kappa shape index (κ2) is 4.70. The summed E-state index contributed by atoms with van der Waals surface area (Å²) in [6.45, 7) is 1.21. The Morgan fingerprint density at radius 1 is 1.11 bits per heavy atom. The van der Waals surface area contributed by atoms with Gasteiger partial charge in [-0.05, 0) is 55.4 Å². The normalized spacial score (nSPS) is 17.1. The Morgan fingerprint density at radius 3 is 2.58 bits per heavy atom. The largest absolute Gasteiger partial charge is 0.445 e. The maximum absolute atomic E-state index is 12.4. The molecule has 1 aromatic carbocycles. The molecule has 100 valence electrons. The molecule has 0 saturated carbocycles. The second-order valence-corrected chi connectivity index (χ2v) is 6.91. The van der Waals surface area contributed by atoms with Gasteiger partial charge < -0.3 is 4.42 Å². The predicted octanol–water partition coefficient (Wildman–Crippen LogP) is 2.95. The first-order valence-electron chi connectivity index (χ1n) is 6.11. The van der Waals surface area contributed by atoms with Crippen molar-refractivity contribution in [2.75, 3.05) is 13.1 Å². The number of hydrogen-bond donors (Lipinski definition) is 0. The van der Waals surface area contributed by atoms with Gasteiger partial charge in [-0.2, -0.15) is 4.31 Å². The Kier molecular flexibility index (Phi) is 3.16. The molecule has 1 aromatic heterocycles. The average molecular weight is 295 g/mol. The topological polar surface area (TPSA) is 50.5 Å². The van der Waals surface area contributed by atoms with Crippen LogP contribution in [0, 0.1) is 4.71 Å². The van der Waals surface area contributed by atoms with Crippen LogP contribution >= 0.6 is 12.2 Å². The number of hydrogen-bond acceptors (Lipinski definition) is 4. The fourth-order valence-electron chi connectivity index (χ4n) is 2.29. The highest BCUT2D eigenvalue weighted by Gasteiger charge is 2.27. The van der Waals surface area contributed by atoms with Crippen molar-refractivity contribution in [2.45, 2.75) is 17.7 Å². The zero-order valence-corrected chi connectivity index (χ0v) is 11.8. The number of fused-ring (bicyclic) bond motifs is 1. The second-order valence-electron chi connectivity index (χ2n) is 4.57. The van der Waals surface area contributed by atoms with E-state index in [0.29, 0.717) is 28.3 Å². The van der Waals surface area contributed by atoms with Crippen LogP contribution in [0.2, 0.25) is 0 Å². The third-order valence-electron chi connectivity index (χ3n) is 3.29. The molecule has 1 aliphatic heterocycles. The van der Waals surface area contributed by atoms with Crippen LogP contribution in [0.25, 0.3) is 11.0 Å². The van der Waals surface area contributed by atoms with Crippen LogP contribution < -0.4 is 0 Å². The van der Waals surface area contributed by atoms with Crippen LogP contribution in [0.3, 0.4) is 0 Å². The molecule has 0 unspecified atom stereocenters. The summed E-state index contributed by atoms with van der Waals surface area (Å²) >= 11 is 4.94. The van der Waals surface area contributed by atoms with Gasteiger partial charge >= 0.3 is 0 Å². The number of rotatable bonds is 2. The third kappa shape index (κ3) is 2.31. The van der Waals surface area contributed by atoms with E-state index in [2.05, 4.69) is 0 Å². The zero-order chi connectivity index (χ0) is 13.5. The van der Waals surface area contributed by atoms with Crippen molar-refractivity contribution in [3.05, 3.63) is 35.0 Å². The molecule has 1 fully saturated rings. The summed E-state index contributed by atoms with van der Waals surface area (Å²) < 4.78 is 32.1. The summed E-state index contributed by atoms with van der Waals surface area (Å²) in [5, 5.41) is 0.744. The summed E-state index contributed by atoms with van der Waals surface area (Å²) in [4.78, 5) is 0.314. The van der Waals surface area contributed by atoms with Gasteiger partial charge in [0.25, 0.3) is 0 Å². The van der Waals surface area contributed by atoms with Gasteiger partial charge in [0.1, 0.15) is 5.58 Å². The van der Waals surface area contributed by atoms with Crippen molar-refractivity contribution >= 4 is 33.2 Å². The lowest BCUT2D eigenvalue weighted by molar-refractivity contribution is 0.477. The molecule has 0 bridgehead atoms. The molecule has 19 heavy (non-hydrogen) atoms. The Balaban J connectivity index is 2.10. The third-order valence-corrected chi connectivity index (χ3v) is 5.41. The van der Waals surface area contributed by atoms with E-state index in [0.717, 1.165) is 18.2 Å². The Morgan fingerprint density at radius 2 is 1.84 bits per heavy atom. The van der Waals surface area contributed by atoms with Gasteiger partial charge in [-0.15, -0.1) is 0 Å². The van der Waals surface area contributed by atoms with Crippen LogP contribution in [0.4, 0.5) is 0 Å². The minimum absolute atomic E-state index is 0.314. The maximum atomic E-state index is 12.4. The molecule has 0 aliphatic carbocycles.